The van der Waals surface area contributed by atoms with Crippen molar-refractivity contribution < 1.29 is 14.6 Å². The van der Waals surface area contributed by atoms with E-state index >= 15 is 0 Å². The standard InChI is InChI=1S/C20H31NO3/c1-16-6-8-17(9-7-16)12-18-4-2-10-21(18)13-19(22)14-23-15-20-5-3-11-24-20/h6-9,18-20,22H,2-5,10-15H2,1H3. The van der Waals surface area contributed by atoms with E-state index in [0.29, 0.717) is 25.8 Å². The average Bonchev–Trinajstić information content (AvgIpc) is 3.22. The number of benzene rings is 1. The van der Waals surface area contributed by atoms with Gasteiger partial charge in [0.2, 0.25) is 0 Å². The highest BCUT2D eigenvalue weighted by atomic mass is 16.5. The van der Waals surface area contributed by atoms with E-state index in [9.17, 15) is 5.11 Å². The van der Waals surface area contributed by atoms with Gasteiger partial charge in [0, 0.05) is 19.2 Å². The first-order valence-electron chi connectivity index (χ1n) is 9.37. The number of ether oxygens (including phenoxy) is 2. The molecular formula is C20H31NO3. The molecule has 0 amide bonds. The second-order valence-electron chi connectivity index (χ2n) is 7.31. The molecule has 2 saturated heterocycles. The van der Waals surface area contributed by atoms with Crippen molar-refractivity contribution in [2.45, 2.75) is 57.3 Å². The lowest BCUT2D eigenvalue weighted by atomic mass is 10.0. The molecule has 0 aliphatic carbocycles. The Hall–Kier alpha value is -0.940. The SMILES string of the molecule is Cc1ccc(CC2CCCN2CC(O)COCC2CCCO2)cc1. The summed E-state index contributed by atoms with van der Waals surface area (Å²) in [6.45, 7) is 5.79. The van der Waals surface area contributed by atoms with Crippen LogP contribution in [0.25, 0.3) is 0 Å². The first kappa shape index (κ1) is 17.9. The van der Waals surface area contributed by atoms with Crippen LogP contribution in [-0.4, -0.2) is 61.2 Å². The summed E-state index contributed by atoms with van der Waals surface area (Å²) in [4.78, 5) is 2.43. The van der Waals surface area contributed by atoms with Crippen LogP contribution >= 0.6 is 0 Å². The molecule has 3 atom stereocenters. The van der Waals surface area contributed by atoms with Gasteiger partial charge in [-0.3, -0.25) is 4.90 Å². The van der Waals surface area contributed by atoms with Crippen molar-refractivity contribution in [3.8, 4) is 0 Å². The molecule has 0 bridgehead atoms. The molecule has 4 nitrogen and oxygen atoms in total. The van der Waals surface area contributed by atoms with E-state index in [1.807, 2.05) is 0 Å². The maximum Gasteiger partial charge on any atom is 0.0900 e. The van der Waals surface area contributed by atoms with Gasteiger partial charge in [-0.2, -0.15) is 0 Å². The Morgan fingerprint density at radius 1 is 1.25 bits per heavy atom. The minimum Gasteiger partial charge on any atom is -0.389 e. The topological polar surface area (TPSA) is 41.9 Å². The molecule has 2 fully saturated rings. The monoisotopic (exact) mass is 333 g/mol. The number of likely N-dealkylation sites (tertiary alicyclic amines) is 1. The van der Waals surface area contributed by atoms with Crippen LogP contribution < -0.4 is 0 Å². The third kappa shape index (κ3) is 5.28. The minimum atomic E-state index is -0.412. The number of nitrogens with zero attached hydrogens (tertiary/aromatic N) is 1. The van der Waals surface area contributed by atoms with Crippen molar-refractivity contribution in [1.82, 2.24) is 4.90 Å². The Morgan fingerprint density at radius 2 is 2.08 bits per heavy atom. The average molecular weight is 333 g/mol. The van der Waals surface area contributed by atoms with E-state index < -0.39 is 6.10 Å². The molecular weight excluding hydrogens is 302 g/mol. The molecule has 2 aliphatic heterocycles. The molecule has 1 aromatic rings. The van der Waals surface area contributed by atoms with Crippen molar-refractivity contribution in [3.63, 3.8) is 0 Å². The molecule has 0 radical (unpaired) electrons. The van der Waals surface area contributed by atoms with Gasteiger partial charge < -0.3 is 14.6 Å². The quantitative estimate of drug-likeness (QED) is 0.794. The number of aryl methyl sites for hydroxylation is 1. The van der Waals surface area contributed by atoms with Gasteiger partial charge >= 0.3 is 0 Å². The van der Waals surface area contributed by atoms with Gasteiger partial charge in [-0.25, -0.2) is 0 Å². The summed E-state index contributed by atoms with van der Waals surface area (Å²) in [7, 11) is 0. The Labute approximate surface area is 145 Å². The second-order valence-corrected chi connectivity index (χ2v) is 7.31. The number of aliphatic hydroxyl groups excluding tert-OH is 1. The zero-order valence-electron chi connectivity index (χ0n) is 14.8. The molecule has 0 aromatic heterocycles. The second kappa shape index (κ2) is 8.95. The molecule has 3 unspecified atom stereocenters. The predicted molar refractivity (Wildman–Crippen MR) is 95.3 cm³/mol. The lowest BCUT2D eigenvalue weighted by molar-refractivity contribution is -0.0260. The molecule has 1 N–H and O–H groups in total. The van der Waals surface area contributed by atoms with Crippen molar-refractivity contribution >= 4 is 0 Å². The fourth-order valence-corrected chi connectivity index (χ4v) is 3.80. The molecule has 3 rings (SSSR count). The van der Waals surface area contributed by atoms with E-state index in [1.165, 1.54) is 24.0 Å². The molecule has 0 saturated carbocycles. The summed E-state index contributed by atoms with van der Waals surface area (Å²) < 4.78 is 11.2. The molecule has 4 heteroatoms. The number of β-amino-alcohol motifs (C(OH)–C–C–N with tert-alkyl or cyclic N) is 1. The molecule has 2 heterocycles. The van der Waals surface area contributed by atoms with E-state index in [-0.39, 0.29) is 6.10 Å². The highest BCUT2D eigenvalue weighted by Gasteiger charge is 2.26. The van der Waals surface area contributed by atoms with Crippen molar-refractivity contribution in [3.05, 3.63) is 35.4 Å². The third-order valence-corrected chi connectivity index (χ3v) is 5.17. The largest absolute Gasteiger partial charge is 0.389 e. The van der Waals surface area contributed by atoms with Gasteiger partial charge in [0.1, 0.15) is 0 Å². The van der Waals surface area contributed by atoms with Crippen LogP contribution in [0.4, 0.5) is 0 Å². The van der Waals surface area contributed by atoms with Crippen LogP contribution in [-0.2, 0) is 15.9 Å². The van der Waals surface area contributed by atoms with E-state index in [4.69, 9.17) is 9.47 Å². The number of rotatable bonds is 8. The molecule has 0 spiro atoms. The smallest absolute Gasteiger partial charge is 0.0900 e. The first-order valence-corrected chi connectivity index (χ1v) is 9.37. The Bertz CT molecular complexity index is 484. The fraction of sp³-hybridized carbons (Fsp3) is 0.700. The predicted octanol–water partition coefficient (Wildman–Crippen LogP) is 2.56. The Morgan fingerprint density at radius 3 is 2.83 bits per heavy atom. The van der Waals surface area contributed by atoms with Crippen LogP contribution in [0.2, 0.25) is 0 Å². The number of hydrogen-bond acceptors (Lipinski definition) is 4. The van der Waals surface area contributed by atoms with Gasteiger partial charge in [0.15, 0.2) is 0 Å². The number of hydrogen-bond donors (Lipinski definition) is 1. The van der Waals surface area contributed by atoms with Crippen molar-refractivity contribution in [2.24, 2.45) is 0 Å². The molecule has 24 heavy (non-hydrogen) atoms. The summed E-state index contributed by atoms with van der Waals surface area (Å²) in [5, 5.41) is 10.3. The molecule has 2 aliphatic rings. The third-order valence-electron chi connectivity index (χ3n) is 5.17. The highest BCUT2D eigenvalue weighted by molar-refractivity contribution is 5.22. The van der Waals surface area contributed by atoms with Gasteiger partial charge in [-0.15, -0.1) is 0 Å². The van der Waals surface area contributed by atoms with Gasteiger partial charge in [0.25, 0.3) is 0 Å². The zero-order valence-corrected chi connectivity index (χ0v) is 14.8. The van der Waals surface area contributed by atoms with Crippen LogP contribution in [0.5, 0.6) is 0 Å². The highest BCUT2D eigenvalue weighted by Crippen LogP contribution is 2.22. The Balaban J connectivity index is 1.40. The van der Waals surface area contributed by atoms with Crippen LogP contribution in [0.15, 0.2) is 24.3 Å². The van der Waals surface area contributed by atoms with Crippen LogP contribution in [0, 0.1) is 6.92 Å². The van der Waals surface area contributed by atoms with Crippen LogP contribution in [0.1, 0.15) is 36.8 Å². The van der Waals surface area contributed by atoms with E-state index in [0.717, 1.165) is 32.4 Å². The van der Waals surface area contributed by atoms with Gasteiger partial charge in [-0.1, -0.05) is 29.8 Å². The van der Waals surface area contributed by atoms with E-state index in [2.05, 4.69) is 36.1 Å². The van der Waals surface area contributed by atoms with Gasteiger partial charge in [0.05, 0.1) is 25.4 Å². The van der Waals surface area contributed by atoms with Crippen molar-refractivity contribution in [1.29, 1.82) is 0 Å². The molecule has 1 aromatic carbocycles. The van der Waals surface area contributed by atoms with Gasteiger partial charge in [-0.05, 0) is 51.1 Å². The number of aliphatic hydroxyl groups is 1. The summed E-state index contributed by atoms with van der Waals surface area (Å²) in [6.07, 6.45) is 5.55. The lowest BCUT2D eigenvalue weighted by Crippen LogP contribution is -2.39. The first-order chi connectivity index (χ1) is 11.7. The summed E-state index contributed by atoms with van der Waals surface area (Å²) >= 11 is 0. The summed E-state index contributed by atoms with van der Waals surface area (Å²) in [5.41, 5.74) is 2.70. The normalized spacial score (nSPS) is 26.1. The maximum absolute atomic E-state index is 10.3. The molecule has 134 valence electrons. The van der Waals surface area contributed by atoms with E-state index in [1.54, 1.807) is 0 Å². The Kier molecular flexibility index (Phi) is 6.67. The minimum absolute atomic E-state index is 0.235. The fourth-order valence-electron chi connectivity index (χ4n) is 3.80. The maximum atomic E-state index is 10.3. The summed E-state index contributed by atoms with van der Waals surface area (Å²) in [6, 6.07) is 9.37. The zero-order chi connectivity index (χ0) is 16.8. The van der Waals surface area contributed by atoms with Crippen LogP contribution in [0.3, 0.4) is 0 Å². The summed E-state index contributed by atoms with van der Waals surface area (Å²) in [5.74, 6) is 0. The lowest BCUT2D eigenvalue weighted by Gasteiger charge is -2.27. The van der Waals surface area contributed by atoms with Crippen molar-refractivity contribution in [2.75, 3.05) is 32.9 Å².